The molecule has 0 spiro atoms. The number of esters is 1. The van der Waals surface area contributed by atoms with Gasteiger partial charge in [-0.2, -0.15) is 4.31 Å². The molecule has 0 N–H and O–H groups in total. The maximum atomic E-state index is 12.7. The van der Waals surface area contributed by atoms with Gasteiger partial charge in [0.1, 0.15) is 0 Å². The van der Waals surface area contributed by atoms with Crippen molar-refractivity contribution in [1.82, 2.24) is 4.31 Å². The lowest BCUT2D eigenvalue weighted by molar-refractivity contribution is -0.134. The van der Waals surface area contributed by atoms with Crippen molar-refractivity contribution in [1.29, 1.82) is 0 Å². The summed E-state index contributed by atoms with van der Waals surface area (Å²) < 4.78 is 31.4. The Balaban J connectivity index is 2.29. The molecule has 0 fully saturated rings. The smallest absolute Gasteiger partial charge is 0.330 e. The number of hydrogen-bond acceptors (Lipinski definition) is 4. The van der Waals surface area contributed by atoms with Crippen LogP contribution in [0.2, 0.25) is 0 Å². The summed E-state index contributed by atoms with van der Waals surface area (Å²) in [7, 11) is -2.29. The van der Waals surface area contributed by atoms with Gasteiger partial charge < -0.3 is 4.74 Å². The largest absolute Gasteiger partial charge is 0.466 e. The third kappa shape index (κ3) is 3.84. The summed E-state index contributed by atoms with van der Waals surface area (Å²) in [5.74, 6) is -0.474. The highest BCUT2D eigenvalue weighted by molar-refractivity contribution is 7.89. The number of carbonyl (C=O) groups excluding carboxylic acids is 1. The molecule has 0 aliphatic carbocycles. The van der Waals surface area contributed by atoms with Gasteiger partial charge in [-0.1, -0.05) is 29.8 Å². The fourth-order valence-corrected chi connectivity index (χ4v) is 3.55. The molecule has 1 aliphatic rings. The molecule has 1 aromatic rings. The molecule has 0 saturated carbocycles. The van der Waals surface area contributed by atoms with Crippen molar-refractivity contribution in [2.45, 2.75) is 18.2 Å². The Kier molecular flexibility index (Phi) is 5.15. The molecule has 1 aliphatic heterocycles. The first-order valence-electron chi connectivity index (χ1n) is 6.92. The molecule has 1 heterocycles. The van der Waals surface area contributed by atoms with Crippen molar-refractivity contribution in [2.24, 2.45) is 0 Å². The van der Waals surface area contributed by atoms with Crippen LogP contribution in [0, 0.1) is 6.92 Å². The topological polar surface area (TPSA) is 63.7 Å². The minimum Gasteiger partial charge on any atom is -0.466 e. The van der Waals surface area contributed by atoms with Gasteiger partial charge >= 0.3 is 5.97 Å². The van der Waals surface area contributed by atoms with Crippen molar-refractivity contribution in [3.63, 3.8) is 0 Å². The molecule has 0 bridgehead atoms. The van der Waals surface area contributed by atoms with Gasteiger partial charge in [-0.3, -0.25) is 0 Å². The molecule has 0 saturated heterocycles. The molecule has 0 atom stereocenters. The van der Waals surface area contributed by atoms with Crippen molar-refractivity contribution < 1.29 is 17.9 Å². The van der Waals surface area contributed by atoms with Gasteiger partial charge in [0.25, 0.3) is 0 Å². The average Bonchev–Trinajstić information content (AvgIpc) is 2.73. The monoisotopic (exact) mass is 321 g/mol. The zero-order valence-corrected chi connectivity index (χ0v) is 13.5. The van der Waals surface area contributed by atoms with Crippen molar-refractivity contribution in [3.05, 3.63) is 53.6 Å². The molecular formula is C16H19NO4S. The Labute approximate surface area is 130 Å². The molecule has 1 aromatic carbocycles. The third-order valence-corrected chi connectivity index (χ3v) is 5.24. The highest BCUT2D eigenvalue weighted by Crippen LogP contribution is 2.20. The zero-order chi connectivity index (χ0) is 16.2. The lowest BCUT2D eigenvalue weighted by atomic mass is 10.2. The van der Waals surface area contributed by atoms with E-state index in [9.17, 15) is 13.2 Å². The first-order valence-corrected chi connectivity index (χ1v) is 8.36. The highest BCUT2D eigenvalue weighted by Gasteiger charge is 2.25. The second-order valence-corrected chi connectivity index (χ2v) is 7.05. The molecule has 0 aromatic heterocycles. The molecule has 5 nitrogen and oxygen atoms in total. The molecule has 6 heteroatoms. The quantitative estimate of drug-likeness (QED) is 0.485. The Morgan fingerprint density at radius 2 is 1.91 bits per heavy atom. The number of aryl methyl sites for hydroxylation is 1. The van der Waals surface area contributed by atoms with Crippen molar-refractivity contribution in [3.8, 4) is 0 Å². The molecule has 0 unspecified atom stereocenters. The van der Waals surface area contributed by atoms with Crippen LogP contribution in [-0.2, 0) is 19.6 Å². The van der Waals surface area contributed by atoms with Gasteiger partial charge in [-0.15, -0.1) is 0 Å². The summed E-state index contributed by atoms with van der Waals surface area (Å²) in [6.07, 6.45) is 5.55. The van der Waals surface area contributed by atoms with Crippen molar-refractivity contribution in [2.75, 3.05) is 20.2 Å². The van der Waals surface area contributed by atoms with Gasteiger partial charge in [0.15, 0.2) is 0 Å². The van der Waals surface area contributed by atoms with E-state index in [0.717, 1.165) is 5.56 Å². The predicted octanol–water partition coefficient (Wildman–Crippen LogP) is 2.05. The molecule has 0 radical (unpaired) electrons. The number of sulfonamides is 1. The first kappa shape index (κ1) is 16.5. The Morgan fingerprint density at radius 3 is 2.55 bits per heavy atom. The van der Waals surface area contributed by atoms with Crippen LogP contribution < -0.4 is 0 Å². The SMILES string of the molecule is COC(=O)/C=C1/CC=CCN(S(=O)(=O)c2ccc(C)cc2)C1. The van der Waals surface area contributed by atoms with Crippen LogP contribution in [0.3, 0.4) is 0 Å². The minimum atomic E-state index is -3.59. The molecule has 2 rings (SSSR count). The van der Waals surface area contributed by atoms with Gasteiger partial charge in [0.05, 0.1) is 12.0 Å². The van der Waals surface area contributed by atoms with E-state index in [-0.39, 0.29) is 18.0 Å². The van der Waals surface area contributed by atoms with E-state index in [0.29, 0.717) is 12.0 Å². The normalized spacial score (nSPS) is 18.2. The van der Waals surface area contributed by atoms with Crippen molar-refractivity contribution >= 4 is 16.0 Å². The second kappa shape index (κ2) is 6.89. The molecule has 118 valence electrons. The van der Waals surface area contributed by atoms with Crippen LogP contribution in [0.15, 0.2) is 53.0 Å². The third-order valence-electron chi connectivity index (χ3n) is 3.42. The fourth-order valence-electron chi connectivity index (χ4n) is 2.16. The number of hydrogen-bond donors (Lipinski definition) is 0. The Hall–Kier alpha value is -1.92. The summed E-state index contributed by atoms with van der Waals surface area (Å²) in [6.45, 7) is 2.37. The van der Waals surface area contributed by atoms with Gasteiger partial charge in [-0.05, 0) is 31.1 Å². The number of rotatable bonds is 3. The number of ether oxygens (including phenoxy) is 1. The number of allylic oxidation sites excluding steroid dienone is 1. The maximum Gasteiger partial charge on any atom is 0.330 e. The Bertz CT molecular complexity index is 702. The lowest BCUT2D eigenvalue weighted by Gasteiger charge is -2.20. The first-order chi connectivity index (χ1) is 10.4. The summed E-state index contributed by atoms with van der Waals surface area (Å²) in [4.78, 5) is 11.6. The van der Waals surface area contributed by atoms with E-state index in [1.165, 1.54) is 17.5 Å². The number of methoxy groups -OCH3 is 1. The van der Waals surface area contributed by atoms with E-state index in [2.05, 4.69) is 4.74 Å². The van der Waals surface area contributed by atoms with E-state index >= 15 is 0 Å². The summed E-state index contributed by atoms with van der Waals surface area (Å²) in [6, 6.07) is 6.74. The van der Waals surface area contributed by atoms with Crippen LogP contribution in [-0.4, -0.2) is 38.9 Å². The molecule has 0 amide bonds. The molecule has 22 heavy (non-hydrogen) atoms. The molecular weight excluding hydrogens is 302 g/mol. The van der Waals surface area contributed by atoms with Gasteiger partial charge in [0, 0.05) is 19.2 Å². The van der Waals surface area contributed by atoms with E-state index in [1.54, 1.807) is 30.3 Å². The van der Waals surface area contributed by atoms with Gasteiger partial charge in [0.2, 0.25) is 10.0 Å². The van der Waals surface area contributed by atoms with Crippen LogP contribution in [0.4, 0.5) is 0 Å². The number of benzene rings is 1. The predicted molar refractivity (Wildman–Crippen MR) is 83.8 cm³/mol. The summed E-state index contributed by atoms with van der Waals surface area (Å²) in [5.41, 5.74) is 1.71. The minimum absolute atomic E-state index is 0.179. The Morgan fingerprint density at radius 1 is 1.23 bits per heavy atom. The maximum absolute atomic E-state index is 12.7. The van der Waals surface area contributed by atoms with Crippen LogP contribution in [0.25, 0.3) is 0 Å². The van der Waals surface area contributed by atoms with Crippen LogP contribution >= 0.6 is 0 Å². The van der Waals surface area contributed by atoms with Gasteiger partial charge in [-0.25, -0.2) is 13.2 Å². The van der Waals surface area contributed by atoms with Crippen LogP contribution in [0.5, 0.6) is 0 Å². The second-order valence-electron chi connectivity index (χ2n) is 5.11. The number of carbonyl (C=O) groups is 1. The summed E-state index contributed by atoms with van der Waals surface area (Å²) >= 11 is 0. The zero-order valence-electron chi connectivity index (χ0n) is 12.7. The summed E-state index contributed by atoms with van der Waals surface area (Å²) in [5, 5.41) is 0. The van der Waals surface area contributed by atoms with E-state index < -0.39 is 16.0 Å². The van der Waals surface area contributed by atoms with E-state index in [4.69, 9.17) is 0 Å². The van der Waals surface area contributed by atoms with Crippen LogP contribution in [0.1, 0.15) is 12.0 Å². The lowest BCUT2D eigenvalue weighted by Crippen LogP contribution is -2.32. The average molecular weight is 321 g/mol. The fraction of sp³-hybridized carbons (Fsp3) is 0.312. The standard InChI is InChI=1S/C16H19NO4S/c1-13-6-8-15(9-7-13)22(19,20)17-10-4-3-5-14(12-17)11-16(18)21-2/h3-4,6-9,11H,5,10,12H2,1-2H3/b14-11-. The number of nitrogens with zero attached hydrogens (tertiary/aromatic N) is 1. The highest BCUT2D eigenvalue weighted by atomic mass is 32.2. The van der Waals surface area contributed by atoms with E-state index in [1.807, 2.05) is 13.0 Å².